The molecule has 0 aliphatic rings. The number of hydrogen-bond donors (Lipinski definition) is 0. The van der Waals surface area contributed by atoms with Crippen molar-refractivity contribution in [1.82, 2.24) is 0 Å². The molecule has 93 valence electrons. The van der Waals surface area contributed by atoms with Crippen LogP contribution >= 0.6 is 0 Å². The third kappa shape index (κ3) is 5.03. The third-order valence-corrected chi connectivity index (χ3v) is 2.64. The van der Waals surface area contributed by atoms with E-state index in [-0.39, 0.29) is 5.97 Å². The van der Waals surface area contributed by atoms with Crippen LogP contribution in [0.15, 0.2) is 24.3 Å². The van der Waals surface area contributed by atoms with Crippen LogP contribution in [0.4, 0.5) is 0 Å². The minimum atomic E-state index is -0.220. The summed E-state index contributed by atoms with van der Waals surface area (Å²) in [7, 11) is 0. The van der Waals surface area contributed by atoms with Crippen LogP contribution < -0.4 is 0 Å². The fourth-order valence-corrected chi connectivity index (χ4v) is 1.53. The van der Waals surface area contributed by atoms with E-state index in [1.165, 1.54) is 5.56 Å². The molecule has 0 heterocycles. The van der Waals surface area contributed by atoms with Crippen LogP contribution in [-0.2, 0) is 11.2 Å². The van der Waals surface area contributed by atoms with Crippen LogP contribution in [0.3, 0.4) is 0 Å². The summed E-state index contributed by atoms with van der Waals surface area (Å²) in [5.74, 6) is -0.220. The molecular formula is C15H21O2. The Morgan fingerprint density at radius 3 is 2.53 bits per heavy atom. The van der Waals surface area contributed by atoms with E-state index in [0.29, 0.717) is 12.2 Å². The van der Waals surface area contributed by atoms with E-state index in [2.05, 4.69) is 13.8 Å². The van der Waals surface area contributed by atoms with Crippen LogP contribution in [-0.4, -0.2) is 12.6 Å². The monoisotopic (exact) mass is 233 g/mol. The van der Waals surface area contributed by atoms with Gasteiger partial charge in [-0.2, -0.15) is 0 Å². The fraction of sp³-hybridized carbons (Fsp3) is 0.467. The molecular weight excluding hydrogens is 212 g/mol. The topological polar surface area (TPSA) is 26.3 Å². The van der Waals surface area contributed by atoms with E-state index in [0.717, 1.165) is 32.1 Å². The van der Waals surface area contributed by atoms with Crippen molar-refractivity contribution in [1.29, 1.82) is 0 Å². The van der Waals surface area contributed by atoms with Gasteiger partial charge in [-0.3, -0.25) is 0 Å². The molecule has 17 heavy (non-hydrogen) atoms. The molecule has 0 atom stereocenters. The van der Waals surface area contributed by atoms with Gasteiger partial charge in [0.2, 0.25) is 0 Å². The number of rotatable bonds is 7. The van der Waals surface area contributed by atoms with E-state index in [4.69, 9.17) is 4.74 Å². The van der Waals surface area contributed by atoms with Crippen LogP contribution in [0.25, 0.3) is 0 Å². The van der Waals surface area contributed by atoms with Crippen molar-refractivity contribution in [3.63, 3.8) is 0 Å². The number of carbonyl (C=O) groups excluding carboxylic acids is 1. The van der Waals surface area contributed by atoms with Gasteiger partial charge in [0.1, 0.15) is 0 Å². The van der Waals surface area contributed by atoms with Gasteiger partial charge in [-0.1, -0.05) is 38.8 Å². The lowest BCUT2D eigenvalue weighted by atomic mass is 10.1. The number of carbonyl (C=O) groups is 1. The van der Waals surface area contributed by atoms with Gasteiger partial charge < -0.3 is 4.74 Å². The number of esters is 1. The summed E-state index contributed by atoms with van der Waals surface area (Å²) in [6, 6.07) is 7.66. The summed E-state index contributed by atoms with van der Waals surface area (Å²) >= 11 is 0. The Balaban J connectivity index is 2.46. The molecule has 0 saturated carbocycles. The minimum Gasteiger partial charge on any atom is -0.462 e. The Kier molecular flexibility index (Phi) is 6.38. The molecule has 0 N–H and O–H groups in total. The minimum absolute atomic E-state index is 0.220. The van der Waals surface area contributed by atoms with Crippen molar-refractivity contribution in [2.45, 2.75) is 39.0 Å². The molecule has 0 aliphatic carbocycles. The number of aryl methyl sites for hydroxylation is 1. The first-order valence-electron chi connectivity index (χ1n) is 6.33. The highest BCUT2D eigenvalue weighted by Crippen LogP contribution is 2.09. The zero-order valence-electron chi connectivity index (χ0n) is 10.6. The van der Waals surface area contributed by atoms with Crippen LogP contribution in [0, 0.1) is 6.92 Å². The number of ether oxygens (including phenoxy) is 1. The molecule has 0 aliphatic heterocycles. The van der Waals surface area contributed by atoms with Gasteiger partial charge in [0.15, 0.2) is 0 Å². The molecule has 1 radical (unpaired) electrons. The normalized spacial score (nSPS) is 10.2. The fourth-order valence-electron chi connectivity index (χ4n) is 1.53. The van der Waals surface area contributed by atoms with Crippen molar-refractivity contribution in [3.8, 4) is 0 Å². The van der Waals surface area contributed by atoms with Gasteiger partial charge in [-0.15, -0.1) is 0 Å². The first-order chi connectivity index (χ1) is 8.27. The van der Waals surface area contributed by atoms with Crippen molar-refractivity contribution in [3.05, 3.63) is 42.3 Å². The number of hydrogen-bond acceptors (Lipinski definition) is 2. The zero-order valence-corrected chi connectivity index (χ0v) is 10.6. The second-order valence-electron chi connectivity index (χ2n) is 4.14. The highest BCUT2D eigenvalue weighted by molar-refractivity contribution is 5.89. The lowest BCUT2D eigenvalue weighted by Gasteiger charge is -2.05. The maximum absolute atomic E-state index is 11.6. The molecule has 0 aromatic heterocycles. The molecule has 0 saturated heterocycles. The molecule has 0 unspecified atom stereocenters. The average molecular weight is 233 g/mol. The summed E-state index contributed by atoms with van der Waals surface area (Å²) in [5, 5.41) is 0. The van der Waals surface area contributed by atoms with Gasteiger partial charge in [-0.05, 0) is 37.0 Å². The smallest absolute Gasteiger partial charge is 0.338 e. The number of unbranched alkanes of at least 4 members (excludes halogenated alkanes) is 2. The average Bonchev–Trinajstić information content (AvgIpc) is 2.37. The Morgan fingerprint density at radius 2 is 1.94 bits per heavy atom. The van der Waals surface area contributed by atoms with E-state index >= 15 is 0 Å². The predicted molar refractivity (Wildman–Crippen MR) is 69.9 cm³/mol. The second kappa shape index (κ2) is 7.88. The highest BCUT2D eigenvalue weighted by atomic mass is 16.5. The summed E-state index contributed by atoms with van der Waals surface area (Å²) in [4.78, 5) is 11.6. The summed E-state index contributed by atoms with van der Waals surface area (Å²) in [6.07, 6.45) is 5.01. The van der Waals surface area contributed by atoms with Crippen molar-refractivity contribution >= 4 is 5.97 Å². The van der Waals surface area contributed by atoms with Gasteiger partial charge in [0.25, 0.3) is 0 Å². The maximum atomic E-state index is 11.6. The van der Waals surface area contributed by atoms with Gasteiger partial charge >= 0.3 is 5.97 Å². The lowest BCUT2D eigenvalue weighted by molar-refractivity contribution is 0.0500. The third-order valence-electron chi connectivity index (χ3n) is 2.64. The van der Waals surface area contributed by atoms with Crippen LogP contribution in [0.5, 0.6) is 0 Å². The Bertz CT molecular complexity index is 327. The van der Waals surface area contributed by atoms with E-state index in [1.807, 2.05) is 24.3 Å². The second-order valence-corrected chi connectivity index (χ2v) is 4.14. The largest absolute Gasteiger partial charge is 0.462 e. The van der Waals surface area contributed by atoms with Gasteiger partial charge in [0, 0.05) is 0 Å². The summed E-state index contributed by atoms with van der Waals surface area (Å²) < 4.78 is 5.14. The quantitative estimate of drug-likeness (QED) is 0.529. The lowest BCUT2D eigenvalue weighted by Crippen LogP contribution is -2.06. The Morgan fingerprint density at radius 1 is 1.24 bits per heavy atom. The molecule has 1 aromatic rings. The molecule has 1 aromatic carbocycles. The highest BCUT2D eigenvalue weighted by Gasteiger charge is 2.05. The molecule has 0 bridgehead atoms. The van der Waals surface area contributed by atoms with Crippen molar-refractivity contribution in [2.75, 3.05) is 6.61 Å². The predicted octanol–water partition coefficient (Wildman–Crippen LogP) is 3.80. The SMILES string of the molecule is [CH2]CCCc1ccc(C(=O)OCCCC)cc1. The zero-order chi connectivity index (χ0) is 12.5. The van der Waals surface area contributed by atoms with E-state index < -0.39 is 0 Å². The van der Waals surface area contributed by atoms with E-state index in [1.54, 1.807) is 0 Å². The van der Waals surface area contributed by atoms with Crippen LogP contribution in [0.1, 0.15) is 48.5 Å². The van der Waals surface area contributed by atoms with E-state index in [9.17, 15) is 4.79 Å². The van der Waals surface area contributed by atoms with Crippen LogP contribution in [0.2, 0.25) is 0 Å². The first-order valence-corrected chi connectivity index (χ1v) is 6.33. The maximum Gasteiger partial charge on any atom is 0.338 e. The molecule has 0 amide bonds. The van der Waals surface area contributed by atoms with Gasteiger partial charge in [0.05, 0.1) is 12.2 Å². The van der Waals surface area contributed by atoms with Crippen molar-refractivity contribution < 1.29 is 9.53 Å². The number of benzene rings is 1. The summed E-state index contributed by atoms with van der Waals surface area (Å²) in [5.41, 5.74) is 1.89. The standard InChI is InChI=1S/C15H21O2/c1-3-5-7-13-8-10-14(11-9-13)15(16)17-12-6-4-2/h8-11H,1,3-7,12H2,2H3. The molecule has 1 rings (SSSR count). The first kappa shape index (κ1) is 13.8. The molecule has 0 fully saturated rings. The van der Waals surface area contributed by atoms with Gasteiger partial charge in [-0.25, -0.2) is 4.79 Å². The Labute approximate surface area is 104 Å². The Hall–Kier alpha value is -1.31. The summed E-state index contributed by atoms with van der Waals surface area (Å²) in [6.45, 7) is 6.40. The molecule has 2 nitrogen and oxygen atoms in total. The van der Waals surface area contributed by atoms with Crippen molar-refractivity contribution in [2.24, 2.45) is 0 Å². The molecule has 0 spiro atoms. The molecule has 2 heteroatoms.